The van der Waals surface area contributed by atoms with Crippen LogP contribution in [0.2, 0.25) is 0 Å². The Kier molecular flexibility index (Phi) is 12.3. The number of benzene rings is 2. The Bertz CT molecular complexity index is 1190. The predicted octanol–water partition coefficient (Wildman–Crippen LogP) is 9.99. The van der Waals surface area contributed by atoms with Gasteiger partial charge in [-0.05, 0) is 68.6 Å². The van der Waals surface area contributed by atoms with Crippen LogP contribution >= 0.6 is 0 Å². The molecule has 0 fully saturated rings. The van der Waals surface area contributed by atoms with Crippen LogP contribution in [-0.4, -0.2) is 35.1 Å². The fourth-order valence-corrected chi connectivity index (χ4v) is 6.14. The Morgan fingerprint density at radius 2 is 0.822 bits per heavy atom. The molecule has 3 atom stereocenters. The van der Waals surface area contributed by atoms with Gasteiger partial charge in [0.05, 0.1) is 25.2 Å². The van der Waals surface area contributed by atoms with Gasteiger partial charge in [0.1, 0.15) is 11.9 Å². The summed E-state index contributed by atoms with van der Waals surface area (Å²) in [5.41, 5.74) is 5.61. The maximum atomic E-state index is 11.1. The molecule has 4 heteroatoms. The Labute approximate surface area is 277 Å². The molecular weight excluding hydrogens is 556 g/mol. The highest BCUT2D eigenvalue weighted by Crippen LogP contribution is 2.51. The molecule has 0 aliphatic carbocycles. The van der Waals surface area contributed by atoms with Gasteiger partial charge in [-0.1, -0.05) is 135 Å². The molecule has 3 unspecified atom stereocenters. The van der Waals surface area contributed by atoms with E-state index in [-0.39, 0.29) is 21.7 Å². The monoisotopic (exact) mass is 625 g/mol. The number of aliphatic hydroxyl groups excluding tert-OH is 3. The highest BCUT2D eigenvalue weighted by molar-refractivity contribution is 5.54. The summed E-state index contributed by atoms with van der Waals surface area (Å²) < 4.78 is 7.44. The van der Waals surface area contributed by atoms with Crippen LogP contribution in [-0.2, 0) is 21.7 Å². The highest BCUT2D eigenvalue weighted by Gasteiger charge is 2.46. The van der Waals surface area contributed by atoms with Crippen molar-refractivity contribution in [2.24, 2.45) is 5.41 Å². The van der Waals surface area contributed by atoms with Crippen molar-refractivity contribution in [3.8, 4) is 5.75 Å². The largest absolute Gasteiger partial charge is 0.484 e. The second-order valence-electron chi connectivity index (χ2n) is 17.9. The standard InChI is InChI=1S/C41H68O4/c1-17-26(3)28-19-30(37(5,6)7)34(31(20-28)38(8,9)10)36(41(23-42,24-43)25-44)45-35-32(39(11,12)13)21-29(27(4)18-2)22-33(35)40(14,15)16/h19-22,26-27,36,42-44H,17-18,23-25H2,1-16H3. The van der Waals surface area contributed by atoms with Crippen molar-refractivity contribution < 1.29 is 20.1 Å². The topological polar surface area (TPSA) is 69.9 Å². The summed E-state index contributed by atoms with van der Waals surface area (Å²) in [5, 5.41) is 33.2. The van der Waals surface area contributed by atoms with Gasteiger partial charge in [0.15, 0.2) is 0 Å². The van der Waals surface area contributed by atoms with Crippen LogP contribution in [0.1, 0.15) is 181 Å². The van der Waals surface area contributed by atoms with E-state index in [1.807, 2.05) is 0 Å². The zero-order chi connectivity index (χ0) is 34.9. The molecule has 0 bridgehead atoms. The van der Waals surface area contributed by atoms with Crippen LogP contribution in [0.5, 0.6) is 5.75 Å². The van der Waals surface area contributed by atoms with Gasteiger partial charge in [0.25, 0.3) is 0 Å². The third-order valence-corrected chi connectivity index (χ3v) is 9.91. The van der Waals surface area contributed by atoms with Crippen LogP contribution < -0.4 is 4.74 Å². The molecule has 2 aromatic rings. The van der Waals surface area contributed by atoms with E-state index in [1.165, 1.54) is 11.1 Å². The lowest BCUT2D eigenvalue weighted by molar-refractivity contribution is -0.0761. The maximum absolute atomic E-state index is 11.1. The summed E-state index contributed by atoms with van der Waals surface area (Å²) >= 11 is 0. The molecule has 0 spiro atoms. The summed E-state index contributed by atoms with van der Waals surface area (Å²) in [7, 11) is 0. The van der Waals surface area contributed by atoms with Gasteiger partial charge in [-0.3, -0.25) is 0 Å². The van der Waals surface area contributed by atoms with E-state index in [1.54, 1.807) is 0 Å². The quantitative estimate of drug-likeness (QED) is 0.233. The number of hydrogen-bond donors (Lipinski definition) is 3. The fraction of sp³-hybridized carbons (Fsp3) is 0.707. The van der Waals surface area contributed by atoms with Crippen molar-refractivity contribution in [1.29, 1.82) is 0 Å². The first-order chi connectivity index (χ1) is 20.4. The first-order valence-electron chi connectivity index (χ1n) is 17.3. The summed E-state index contributed by atoms with van der Waals surface area (Å²) in [6.45, 7) is 34.3. The summed E-state index contributed by atoms with van der Waals surface area (Å²) in [6, 6.07) is 9.23. The Hall–Kier alpha value is -1.88. The van der Waals surface area contributed by atoms with E-state index in [0.29, 0.717) is 11.8 Å². The number of rotatable bonds is 11. The molecule has 0 aromatic heterocycles. The normalized spacial score (nSPS) is 15.6. The minimum Gasteiger partial charge on any atom is -0.484 e. The number of hydrogen-bond acceptors (Lipinski definition) is 4. The molecule has 0 heterocycles. The average Bonchev–Trinajstić information content (AvgIpc) is 2.93. The van der Waals surface area contributed by atoms with Crippen molar-refractivity contribution >= 4 is 0 Å². The fourth-order valence-electron chi connectivity index (χ4n) is 6.14. The molecule has 2 aromatic carbocycles. The van der Waals surface area contributed by atoms with Gasteiger partial charge in [-0.25, -0.2) is 0 Å². The van der Waals surface area contributed by atoms with Gasteiger partial charge >= 0.3 is 0 Å². The van der Waals surface area contributed by atoms with E-state index < -0.39 is 31.3 Å². The zero-order valence-electron chi connectivity index (χ0n) is 31.8. The molecule has 0 saturated carbocycles. The van der Waals surface area contributed by atoms with Crippen LogP contribution in [0, 0.1) is 5.41 Å². The van der Waals surface area contributed by atoms with E-state index in [2.05, 4.69) is 135 Å². The first-order valence-corrected chi connectivity index (χ1v) is 17.3. The molecule has 0 aliphatic rings. The lowest BCUT2D eigenvalue weighted by atomic mass is 9.68. The van der Waals surface area contributed by atoms with E-state index >= 15 is 0 Å². The third-order valence-electron chi connectivity index (χ3n) is 9.91. The lowest BCUT2D eigenvalue weighted by Gasteiger charge is -2.44. The molecule has 45 heavy (non-hydrogen) atoms. The summed E-state index contributed by atoms with van der Waals surface area (Å²) in [6.07, 6.45) is 1.24. The first kappa shape index (κ1) is 39.3. The molecule has 256 valence electrons. The van der Waals surface area contributed by atoms with Gasteiger partial charge < -0.3 is 20.1 Å². The Balaban J connectivity index is 3.29. The molecular formula is C41H68O4. The zero-order valence-corrected chi connectivity index (χ0v) is 31.8. The molecule has 0 amide bonds. The van der Waals surface area contributed by atoms with E-state index in [9.17, 15) is 15.3 Å². The van der Waals surface area contributed by atoms with Crippen molar-refractivity contribution in [3.05, 3.63) is 63.2 Å². The van der Waals surface area contributed by atoms with Crippen LogP contribution in [0.3, 0.4) is 0 Å². The maximum Gasteiger partial charge on any atom is 0.137 e. The van der Waals surface area contributed by atoms with Gasteiger partial charge in [0.2, 0.25) is 0 Å². The average molecular weight is 625 g/mol. The number of ether oxygens (including phenoxy) is 1. The molecule has 3 N–H and O–H groups in total. The summed E-state index contributed by atoms with van der Waals surface area (Å²) in [4.78, 5) is 0. The van der Waals surface area contributed by atoms with Crippen molar-refractivity contribution in [3.63, 3.8) is 0 Å². The van der Waals surface area contributed by atoms with Gasteiger partial charge in [0, 0.05) is 16.7 Å². The third kappa shape index (κ3) is 8.54. The highest BCUT2D eigenvalue weighted by atomic mass is 16.5. The minimum absolute atomic E-state index is 0.246. The smallest absolute Gasteiger partial charge is 0.137 e. The predicted molar refractivity (Wildman–Crippen MR) is 192 cm³/mol. The number of aliphatic hydroxyl groups is 3. The van der Waals surface area contributed by atoms with Crippen molar-refractivity contribution in [1.82, 2.24) is 0 Å². The van der Waals surface area contributed by atoms with Crippen molar-refractivity contribution in [2.75, 3.05) is 19.8 Å². The van der Waals surface area contributed by atoms with E-state index in [4.69, 9.17) is 4.74 Å². The van der Waals surface area contributed by atoms with Gasteiger partial charge in [-0.2, -0.15) is 0 Å². The molecule has 2 rings (SSSR count). The molecule has 0 saturated heterocycles. The summed E-state index contributed by atoms with van der Waals surface area (Å²) in [5.74, 6) is 1.54. The van der Waals surface area contributed by atoms with Crippen LogP contribution in [0.25, 0.3) is 0 Å². The van der Waals surface area contributed by atoms with Gasteiger partial charge in [-0.15, -0.1) is 0 Å². The molecule has 0 radical (unpaired) electrons. The molecule has 4 nitrogen and oxygen atoms in total. The van der Waals surface area contributed by atoms with Crippen molar-refractivity contribution in [2.45, 2.75) is 163 Å². The second kappa shape index (κ2) is 14.1. The SMILES string of the molecule is CCC(C)c1cc(C(C)(C)C)c(OC(c2c(C(C)(C)C)cc(C(C)CC)cc2C(C)(C)C)C(CO)(CO)CO)c(C(C)(C)C)c1. The Morgan fingerprint density at radius 1 is 0.533 bits per heavy atom. The lowest BCUT2D eigenvalue weighted by Crippen LogP contribution is -2.45. The van der Waals surface area contributed by atoms with E-state index in [0.717, 1.165) is 46.4 Å². The minimum atomic E-state index is -1.34. The van der Waals surface area contributed by atoms with Crippen LogP contribution in [0.4, 0.5) is 0 Å². The Morgan fingerprint density at radius 3 is 1.07 bits per heavy atom. The second-order valence-corrected chi connectivity index (χ2v) is 17.9. The molecule has 0 aliphatic heterocycles. The van der Waals surface area contributed by atoms with Crippen LogP contribution in [0.15, 0.2) is 24.3 Å².